The van der Waals surface area contributed by atoms with Gasteiger partial charge in [-0.2, -0.15) is 0 Å². The molecule has 8 heteroatoms. The fourth-order valence-corrected chi connectivity index (χ4v) is 3.58. The van der Waals surface area contributed by atoms with Gasteiger partial charge in [0.25, 0.3) is 5.56 Å². The molecule has 0 radical (unpaired) electrons. The number of aromatic amines is 1. The minimum Gasteiger partial charge on any atom is -0.383 e. The van der Waals surface area contributed by atoms with Crippen LogP contribution >= 0.6 is 11.3 Å². The molecule has 25 heavy (non-hydrogen) atoms. The highest BCUT2D eigenvalue weighted by atomic mass is 32.1. The lowest BCUT2D eigenvalue weighted by molar-refractivity contribution is 0.187. The molecule has 0 aromatic carbocycles. The Morgan fingerprint density at radius 2 is 2.12 bits per heavy atom. The summed E-state index contributed by atoms with van der Waals surface area (Å²) in [6.07, 6.45) is 6.98. The summed E-state index contributed by atoms with van der Waals surface area (Å²) in [4.78, 5) is 28.4. The molecule has 0 fully saturated rings. The van der Waals surface area contributed by atoms with Crippen molar-refractivity contribution in [1.82, 2.24) is 24.5 Å². The van der Waals surface area contributed by atoms with Crippen LogP contribution < -0.4 is 5.56 Å². The van der Waals surface area contributed by atoms with Crippen LogP contribution in [0.5, 0.6) is 0 Å². The van der Waals surface area contributed by atoms with Crippen LogP contribution in [-0.2, 0) is 11.3 Å². The van der Waals surface area contributed by atoms with Gasteiger partial charge in [0.1, 0.15) is 4.70 Å². The van der Waals surface area contributed by atoms with Gasteiger partial charge in [0, 0.05) is 49.4 Å². The van der Waals surface area contributed by atoms with Gasteiger partial charge in [-0.3, -0.25) is 9.78 Å². The molecule has 4 heterocycles. The van der Waals surface area contributed by atoms with E-state index >= 15 is 0 Å². The molecule has 0 saturated heterocycles. The first-order valence-electron chi connectivity index (χ1n) is 7.70. The van der Waals surface area contributed by atoms with Gasteiger partial charge in [-0.05, 0) is 17.7 Å². The molecule has 0 bridgehead atoms. The molecule has 4 aromatic heterocycles. The number of ether oxygens (including phenoxy) is 1. The Kier molecular flexibility index (Phi) is 4.12. The maximum Gasteiger partial charge on any atom is 0.269 e. The highest BCUT2D eigenvalue weighted by Crippen LogP contribution is 2.31. The lowest BCUT2D eigenvalue weighted by Gasteiger charge is -2.07. The third-order valence-electron chi connectivity index (χ3n) is 3.88. The molecular formula is C17H15N5O2S. The quantitative estimate of drug-likeness (QED) is 0.596. The van der Waals surface area contributed by atoms with Crippen molar-refractivity contribution in [2.45, 2.75) is 6.54 Å². The summed E-state index contributed by atoms with van der Waals surface area (Å²) >= 11 is 1.39. The van der Waals surface area contributed by atoms with Gasteiger partial charge in [0.15, 0.2) is 11.6 Å². The van der Waals surface area contributed by atoms with E-state index in [1.54, 1.807) is 25.7 Å². The van der Waals surface area contributed by atoms with Gasteiger partial charge in [-0.15, -0.1) is 11.3 Å². The number of methoxy groups -OCH3 is 1. The van der Waals surface area contributed by atoms with E-state index in [9.17, 15) is 4.79 Å². The van der Waals surface area contributed by atoms with Crippen LogP contribution in [0.2, 0.25) is 0 Å². The number of aromatic nitrogens is 5. The Balaban J connectivity index is 1.87. The van der Waals surface area contributed by atoms with Crippen LogP contribution in [0.25, 0.3) is 33.0 Å². The predicted molar refractivity (Wildman–Crippen MR) is 96.6 cm³/mol. The minimum atomic E-state index is -0.161. The van der Waals surface area contributed by atoms with Gasteiger partial charge < -0.3 is 14.3 Å². The Bertz CT molecular complexity index is 1070. The molecule has 0 atom stereocenters. The standard InChI is InChI=1S/C17H15N5O2S/c1-24-9-8-22-7-6-19-16(22)15-20-13-12(11-2-4-18-5-3-11)10-25-14(13)17(23)21-15/h2-7,10H,8-9H2,1H3,(H,20,21,23). The van der Waals surface area contributed by atoms with Crippen LogP contribution in [0, 0.1) is 0 Å². The number of hydrogen-bond acceptors (Lipinski definition) is 6. The molecule has 0 aliphatic heterocycles. The normalized spacial score (nSPS) is 11.2. The lowest BCUT2D eigenvalue weighted by atomic mass is 10.1. The van der Waals surface area contributed by atoms with Gasteiger partial charge in [0.05, 0.1) is 12.1 Å². The van der Waals surface area contributed by atoms with Crippen molar-refractivity contribution < 1.29 is 4.74 Å². The summed E-state index contributed by atoms with van der Waals surface area (Å²) in [6, 6.07) is 3.81. The van der Waals surface area contributed by atoms with Crippen molar-refractivity contribution in [3.05, 3.63) is 52.7 Å². The number of H-pyrrole nitrogens is 1. The maximum atomic E-state index is 12.5. The number of nitrogens with zero attached hydrogens (tertiary/aromatic N) is 4. The molecule has 0 spiro atoms. The van der Waals surface area contributed by atoms with E-state index in [1.807, 2.05) is 28.3 Å². The second-order valence-electron chi connectivity index (χ2n) is 5.41. The van der Waals surface area contributed by atoms with Crippen LogP contribution in [0.3, 0.4) is 0 Å². The maximum absolute atomic E-state index is 12.5. The topological polar surface area (TPSA) is 85.7 Å². The van der Waals surface area contributed by atoms with Crippen molar-refractivity contribution in [3.8, 4) is 22.8 Å². The molecule has 1 N–H and O–H groups in total. The van der Waals surface area contributed by atoms with E-state index in [0.29, 0.717) is 35.0 Å². The zero-order chi connectivity index (χ0) is 17.2. The van der Waals surface area contributed by atoms with Crippen molar-refractivity contribution in [1.29, 1.82) is 0 Å². The summed E-state index contributed by atoms with van der Waals surface area (Å²) in [6.45, 7) is 1.19. The third-order valence-corrected chi connectivity index (χ3v) is 4.85. The van der Waals surface area contributed by atoms with E-state index < -0.39 is 0 Å². The monoisotopic (exact) mass is 353 g/mol. The Morgan fingerprint density at radius 3 is 2.92 bits per heavy atom. The molecule has 7 nitrogen and oxygen atoms in total. The average Bonchev–Trinajstić information content (AvgIpc) is 3.27. The second kappa shape index (κ2) is 6.58. The highest BCUT2D eigenvalue weighted by molar-refractivity contribution is 7.17. The fourth-order valence-electron chi connectivity index (χ4n) is 2.67. The van der Waals surface area contributed by atoms with Crippen LogP contribution in [-0.4, -0.2) is 38.2 Å². The van der Waals surface area contributed by atoms with Gasteiger partial charge in [-0.1, -0.05) is 0 Å². The average molecular weight is 353 g/mol. The van der Waals surface area contributed by atoms with Gasteiger partial charge >= 0.3 is 0 Å². The van der Waals surface area contributed by atoms with Gasteiger partial charge in [0.2, 0.25) is 0 Å². The number of rotatable bonds is 5. The Morgan fingerprint density at radius 1 is 1.28 bits per heavy atom. The summed E-state index contributed by atoms with van der Waals surface area (Å²) < 4.78 is 7.63. The first-order chi connectivity index (χ1) is 12.3. The summed E-state index contributed by atoms with van der Waals surface area (Å²) in [5.41, 5.74) is 2.42. The largest absolute Gasteiger partial charge is 0.383 e. The summed E-state index contributed by atoms with van der Waals surface area (Å²) in [5, 5.41) is 1.95. The molecule has 4 rings (SSSR count). The summed E-state index contributed by atoms with van der Waals surface area (Å²) in [5.74, 6) is 1.07. The molecule has 0 aliphatic carbocycles. The van der Waals surface area contributed by atoms with E-state index in [4.69, 9.17) is 9.72 Å². The minimum absolute atomic E-state index is 0.161. The Labute approximate surface area is 147 Å². The third kappa shape index (κ3) is 2.86. The first-order valence-corrected chi connectivity index (χ1v) is 8.58. The van der Waals surface area contributed by atoms with E-state index in [2.05, 4.69) is 15.0 Å². The van der Waals surface area contributed by atoms with E-state index in [1.165, 1.54) is 11.3 Å². The van der Waals surface area contributed by atoms with Crippen molar-refractivity contribution in [3.63, 3.8) is 0 Å². The zero-order valence-corrected chi connectivity index (χ0v) is 14.3. The number of thiophene rings is 1. The molecule has 0 amide bonds. The number of hydrogen-bond donors (Lipinski definition) is 1. The number of nitrogens with one attached hydrogen (secondary N) is 1. The molecule has 0 saturated carbocycles. The molecule has 126 valence electrons. The van der Waals surface area contributed by atoms with Crippen molar-refractivity contribution in [2.24, 2.45) is 0 Å². The van der Waals surface area contributed by atoms with Crippen LogP contribution in [0.15, 0.2) is 47.1 Å². The Hall–Kier alpha value is -2.84. The van der Waals surface area contributed by atoms with E-state index in [0.717, 1.165) is 11.1 Å². The highest BCUT2D eigenvalue weighted by Gasteiger charge is 2.15. The fraction of sp³-hybridized carbons (Fsp3) is 0.176. The van der Waals surface area contributed by atoms with Crippen LogP contribution in [0.4, 0.5) is 0 Å². The SMILES string of the molecule is COCCn1ccnc1-c1nc2c(-c3ccncc3)csc2c(=O)[nH]1. The molecule has 0 aliphatic rings. The number of imidazole rings is 1. The smallest absolute Gasteiger partial charge is 0.269 e. The second-order valence-corrected chi connectivity index (χ2v) is 6.29. The predicted octanol–water partition coefficient (Wildman–Crippen LogP) is 2.56. The molecule has 0 unspecified atom stereocenters. The van der Waals surface area contributed by atoms with Crippen LogP contribution in [0.1, 0.15) is 0 Å². The number of pyridine rings is 1. The van der Waals surface area contributed by atoms with Crippen molar-refractivity contribution in [2.75, 3.05) is 13.7 Å². The van der Waals surface area contributed by atoms with Crippen molar-refractivity contribution >= 4 is 21.6 Å². The van der Waals surface area contributed by atoms with Gasteiger partial charge in [-0.25, -0.2) is 9.97 Å². The summed E-state index contributed by atoms with van der Waals surface area (Å²) in [7, 11) is 1.65. The molecular weight excluding hydrogens is 338 g/mol. The zero-order valence-electron chi connectivity index (χ0n) is 13.5. The van der Waals surface area contributed by atoms with E-state index in [-0.39, 0.29) is 5.56 Å². The number of fused-ring (bicyclic) bond motifs is 1. The molecule has 4 aromatic rings. The first kappa shape index (κ1) is 15.7. The lowest BCUT2D eigenvalue weighted by Crippen LogP contribution is -2.12.